The zero-order valence-corrected chi connectivity index (χ0v) is 17.8. The van der Waals surface area contributed by atoms with Crippen LogP contribution < -0.4 is 0 Å². The highest BCUT2D eigenvalue weighted by molar-refractivity contribution is 6.28. The lowest BCUT2D eigenvalue weighted by molar-refractivity contribution is -0.195. The Labute approximate surface area is 183 Å². The number of Topliss-reactive ketones (excluding diaryl/α,β-unsaturated/α-hetero) is 4. The third kappa shape index (κ3) is 2.52. The average Bonchev–Trinajstić information content (AvgIpc) is 2.69. The fourth-order valence-corrected chi connectivity index (χ4v) is 6.10. The SMILES string of the molecule is COC(=O)O[C@@]12C(=O)C(C#N)C(=O)C[C@]1(C)C[C@]1(C)Cc3cccc(O)c3C(=O)C1C2=O. The Hall–Kier alpha value is -3.54. The molecule has 2 unspecified atom stereocenters. The number of ketones is 4. The largest absolute Gasteiger partial charge is 0.509 e. The van der Waals surface area contributed by atoms with Crippen LogP contribution in [0.25, 0.3) is 0 Å². The van der Waals surface area contributed by atoms with Crippen LogP contribution in [0, 0.1) is 34.0 Å². The molecule has 32 heavy (non-hydrogen) atoms. The van der Waals surface area contributed by atoms with Crippen molar-refractivity contribution in [3.63, 3.8) is 0 Å². The molecule has 1 aromatic carbocycles. The van der Waals surface area contributed by atoms with Crippen LogP contribution >= 0.6 is 0 Å². The molecule has 2 saturated carbocycles. The van der Waals surface area contributed by atoms with Gasteiger partial charge in [0.25, 0.3) is 0 Å². The van der Waals surface area contributed by atoms with E-state index in [9.17, 15) is 34.3 Å². The number of carbonyl (C=O) groups excluding carboxylic acids is 5. The maximum absolute atomic E-state index is 14.0. The van der Waals surface area contributed by atoms with Crippen molar-refractivity contribution in [3.05, 3.63) is 29.3 Å². The van der Waals surface area contributed by atoms with E-state index in [1.807, 2.05) is 0 Å². The number of benzene rings is 1. The molecule has 2 fully saturated rings. The number of hydrogen-bond acceptors (Lipinski definition) is 9. The molecule has 0 amide bonds. The molecule has 5 atom stereocenters. The average molecular weight is 439 g/mol. The highest BCUT2D eigenvalue weighted by atomic mass is 16.7. The van der Waals surface area contributed by atoms with Crippen LogP contribution in [0.3, 0.4) is 0 Å². The van der Waals surface area contributed by atoms with Crippen LogP contribution in [0.5, 0.6) is 5.75 Å². The van der Waals surface area contributed by atoms with Gasteiger partial charge in [0.05, 0.1) is 24.7 Å². The fraction of sp³-hybridized carbons (Fsp3) is 0.478. The summed E-state index contributed by atoms with van der Waals surface area (Å²) in [5.41, 5.74) is -4.49. The van der Waals surface area contributed by atoms with Gasteiger partial charge < -0.3 is 14.6 Å². The van der Waals surface area contributed by atoms with Crippen molar-refractivity contribution < 1.29 is 38.6 Å². The maximum atomic E-state index is 14.0. The number of phenols is 1. The van der Waals surface area contributed by atoms with Crippen molar-refractivity contribution in [2.75, 3.05) is 7.11 Å². The first-order chi connectivity index (χ1) is 15.0. The van der Waals surface area contributed by atoms with Crippen molar-refractivity contribution >= 4 is 29.3 Å². The molecule has 166 valence electrons. The van der Waals surface area contributed by atoms with Crippen molar-refractivity contribution in [1.29, 1.82) is 5.26 Å². The molecule has 0 saturated heterocycles. The van der Waals surface area contributed by atoms with Gasteiger partial charge in [-0.3, -0.25) is 19.2 Å². The van der Waals surface area contributed by atoms with Crippen LogP contribution in [0.2, 0.25) is 0 Å². The molecule has 9 heteroatoms. The van der Waals surface area contributed by atoms with E-state index in [2.05, 4.69) is 4.74 Å². The second-order valence-corrected chi connectivity index (χ2v) is 9.35. The van der Waals surface area contributed by atoms with E-state index in [-0.39, 0.29) is 30.6 Å². The lowest BCUT2D eigenvalue weighted by Gasteiger charge is -2.59. The minimum Gasteiger partial charge on any atom is -0.507 e. The molecular weight excluding hydrogens is 418 g/mol. The van der Waals surface area contributed by atoms with Gasteiger partial charge in [-0.15, -0.1) is 0 Å². The van der Waals surface area contributed by atoms with Gasteiger partial charge in [-0.2, -0.15) is 5.26 Å². The Morgan fingerprint density at radius 3 is 2.47 bits per heavy atom. The van der Waals surface area contributed by atoms with Crippen molar-refractivity contribution in [2.24, 2.45) is 22.7 Å². The van der Waals surface area contributed by atoms with Crippen LogP contribution in [0.15, 0.2) is 18.2 Å². The lowest BCUT2D eigenvalue weighted by atomic mass is 9.43. The molecule has 0 radical (unpaired) electrons. The summed E-state index contributed by atoms with van der Waals surface area (Å²) in [4.78, 5) is 65.7. The first-order valence-electron chi connectivity index (χ1n) is 10.1. The summed E-state index contributed by atoms with van der Waals surface area (Å²) in [6, 6.07) is 6.19. The highest BCUT2D eigenvalue weighted by Gasteiger charge is 2.75. The Kier molecular flexibility index (Phi) is 4.56. The van der Waals surface area contributed by atoms with E-state index in [0.717, 1.165) is 7.11 Å². The summed E-state index contributed by atoms with van der Waals surface area (Å²) in [5, 5.41) is 19.7. The molecule has 3 aliphatic rings. The van der Waals surface area contributed by atoms with Crippen molar-refractivity contribution in [1.82, 2.24) is 0 Å². The van der Waals surface area contributed by atoms with E-state index in [0.29, 0.717) is 5.56 Å². The van der Waals surface area contributed by atoms with E-state index in [1.165, 1.54) is 13.0 Å². The first kappa shape index (κ1) is 21.7. The van der Waals surface area contributed by atoms with E-state index in [4.69, 9.17) is 4.74 Å². The van der Waals surface area contributed by atoms with Gasteiger partial charge in [0.1, 0.15) is 5.75 Å². The molecule has 9 nitrogen and oxygen atoms in total. The topological polar surface area (TPSA) is 148 Å². The fourth-order valence-electron chi connectivity index (χ4n) is 6.10. The Balaban J connectivity index is 1.97. The standard InChI is InChI=1S/C23H21NO8/c1-21-7-11-5-4-6-13(25)15(11)17(27)16(21)19(29)23(32-20(30)31-3)18(28)12(9-24)14(26)8-22(23,2)10-21/h4-6,12,16,25H,7-8,10H2,1-3H3/t12?,16?,21-,22+,23+/m0/s1. The van der Waals surface area contributed by atoms with E-state index >= 15 is 0 Å². The maximum Gasteiger partial charge on any atom is 0.509 e. The van der Waals surface area contributed by atoms with Gasteiger partial charge in [-0.25, -0.2) is 4.79 Å². The third-order valence-electron chi connectivity index (χ3n) is 7.21. The smallest absolute Gasteiger partial charge is 0.507 e. The molecular formula is C23H21NO8. The normalized spacial score (nSPS) is 35.8. The number of ether oxygens (including phenoxy) is 2. The van der Waals surface area contributed by atoms with Gasteiger partial charge >= 0.3 is 6.16 Å². The molecule has 1 N–H and O–H groups in total. The monoisotopic (exact) mass is 439 g/mol. The molecule has 1 aromatic rings. The van der Waals surface area contributed by atoms with Crippen LogP contribution in [0.1, 0.15) is 42.6 Å². The zero-order chi connectivity index (χ0) is 23.6. The number of phenolic OH excluding ortho intramolecular Hbond substituents is 1. The number of nitriles is 1. The zero-order valence-electron chi connectivity index (χ0n) is 17.8. The number of carbonyl (C=O) groups is 5. The number of fused-ring (bicyclic) bond motifs is 3. The summed E-state index contributed by atoms with van der Waals surface area (Å²) < 4.78 is 9.86. The molecule has 0 aromatic heterocycles. The van der Waals surface area contributed by atoms with Gasteiger partial charge in [-0.05, 0) is 29.9 Å². The van der Waals surface area contributed by atoms with Crippen molar-refractivity contribution in [3.8, 4) is 11.8 Å². The molecule has 0 spiro atoms. The number of aromatic hydroxyl groups is 1. The summed E-state index contributed by atoms with van der Waals surface area (Å²) in [7, 11) is 0.994. The number of methoxy groups -OCH3 is 1. The molecule has 0 bridgehead atoms. The minimum absolute atomic E-state index is 0.0173. The quantitative estimate of drug-likeness (QED) is 0.512. The van der Waals surface area contributed by atoms with E-state index < -0.39 is 57.6 Å². The van der Waals surface area contributed by atoms with Crippen LogP contribution in [0.4, 0.5) is 4.79 Å². The number of hydrogen-bond donors (Lipinski definition) is 1. The minimum atomic E-state index is -2.53. The molecule has 4 rings (SSSR count). The number of nitrogens with zero attached hydrogens (tertiary/aromatic N) is 1. The first-order valence-corrected chi connectivity index (χ1v) is 10.1. The summed E-state index contributed by atoms with van der Waals surface area (Å²) in [5.74, 6) is -7.02. The molecule has 3 aliphatic carbocycles. The molecule has 0 aliphatic heterocycles. The Morgan fingerprint density at radius 1 is 1.16 bits per heavy atom. The predicted octanol–water partition coefficient (Wildman–Crippen LogP) is 1.94. The summed E-state index contributed by atoms with van der Waals surface area (Å²) in [6.45, 7) is 3.19. The van der Waals surface area contributed by atoms with Crippen LogP contribution in [-0.4, -0.2) is 47.1 Å². The highest BCUT2D eigenvalue weighted by Crippen LogP contribution is 2.62. The van der Waals surface area contributed by atoms with Crippen molar-refractivity contribution in [2.45, 2.75) is 38.7 Å². The summed E-state index contributed by atoms with van der Waals surface area (Å²) in [6.07, 6.45) is -1.45. The van der Waals surface area contributed by atoms with Gasteiger partial charge in [0.15, 0.2) is 23.3 Å². The number of rotatable bonds is 1. The Bertz CT molecular complexity index is 1150. The van der Waals surface area contributed by atoms with Gasteiger partial charge in [0.2, 0.25) is 11.4 Å². The van der Waals surface area contributed by atoms with Crippen LogP contribution in [-0.2, 0) is 30.3 Å². The predicted molar refractivity (Wildman–Crippen MR) is 105 cm³/mol. The van der Waals surface area contributed by atoms with E-state index in [1.54, 1.807) is 25.1 Å². The summed E-state index contributed by atoms with van der Waals surface area (Å²) >= 11 is 0. The third-order valence-corrected chi connectivity index (χ3v) is 7.21. The second-order valence-electron chi connectivity index (χ2n) is 9.35. The van der Waals surface area contributed by atoms with Gasteiger partial charge in [-0.1, -0.05) is 26.0 Å². The Morgan fingerprint density at radius 2 is 1.84 bits per heavy atom. The lowest BCUT2D eigenvalue weighted by Crippen LogP contribution is -2.74. The second kappa shape index (κ2) is 6.73. The van der Waals surface area contributed by atoms with Gasteiger partial charge in [0, 0.05) is 11.8 Å². The molecule has 0 heterocycles.